The van der Waals surface area contributed by atoms with Crippen molar-refractivity contribution in [3.05, 3.63) is 42.1 Å². The Labute approximate surface area is 87.3 Å². The number of Topliss-reactive ketones (excluding diaryl/α,β-unsaturated/α-hetero) is 1. The first-order chi connectivity index (χ1) is 7.16. The molecule has 15 heavy (non-hydrogen) atoms. The molecule has 0 atom stereocenters. The summed E-state index contributed by atoms with van der Waals surface area (Å²) in [5.74, 6) is 0.500. The Bertz CT molecular complexity index is 502. The Balaban J connectivity index is 2.45. The summed E-state index contributed by atoms with van der Waals surface area (Å²) < 4.78 is 1.64. The van der Waals surface area contributed by atoms with Gasteiger partial charge in [0.1, 0.15) is 5.82 Å². The van der Waals surface area contributed by atoms with Crippen molar-refractivity contribution in [2.45, 2.75) is 6.92 Å². The van der Waals surface area contributed by atoms with Crippen molar-refractivity contribution >= 4 is 11.6 Å². The van der Waals surface area contributed by atoms with E-state index < -0.39 is 0 Å². The van der Waals surface area contributed by atoms with E-state index in [1.807, 2.05) is 12.1 Å². The van der Waals surface area contributed by atoms with Crippen LogP contribution in [0, 0.1) is 0 Å². The van der Waals surface area contributed by atoms with Gasteiger partial charge in [0.25, 0.3) is 0 Å². The van der Waals surface area contributed by atoms with Crippen molar-refractivity contribution in [2.24, 2.45) is 0 Å². The molecule has 1 aromatic carbocycles. The average Bonchev–Trinajstić information content (AvgIpc) is 2.65. The van der Waals surface area contributed by atoms with E-state index in [2.05, 4.69) is 5.10 Å². The second-order valence-electron chi connectivity index (χ2n) is 3.29. The third kappa shape index (κ3) is 1.88. The molecule has 0 spiro atoms. The molecule has 2 N–H and O–H groups in total. The van der Waals surface area contributed by atoms with Gasteiger partial charge in [0.2, 0.25) is 0 Å². The molecule has 0 amide bonds. The minimum Gasteiger partial charge on any atom is -0.382 e. The Morgan fingerprint density at radius 3 is 2.80 bits per heavy atom. The van der Waals surface area contributed by atoms with E-state index in [1.54, 1.807) is 29.1 Å². The van der Waals surface area contributed by atoms with Crippen LogP contribution in [0.15, 0.2) is 36.5 Å². The van der Waals surface area contributed by atoms with Crippen molar-refractivity contribution in [3.8, 4) is 5.69 Å². The predicted molar refractivity (Wildman–Crippen MR) is 58.0 cm³/mol. The highest BCUT2D eigenvalue weighted by Gasteiger charge is 2.02. The number of nitrogens with two attached hydrogens (primary N) is 1. The second-order valence-corrected chi connectivity index (χ2v) is 3.29. The molecule has 2 rings (SSSR count). The Kier molecular flexibility index (Phi) is 2.25. The molecule has 0 radical (unpaired) electrons. The number of ketones is 1. The molecule has 4 nitrogen and oxygen atoms in total. The van der Waals surface area contributed by atoms with Gasteiger partial charge in [0.05, 0.1) is 5.69 Å². The minimum atomic E-state index is 0.0389. The highest BCUT2D eigenvalue weighted by Crippen LogP contribution is 2.11. The van der Waals surface area contributed by atoms with E-state index in [0.29, 0.717) is 11.4 Å². The highest BCUT2D eigenvalue weighted by molar-refractivity contribution is 5.94. The number of nitrogens with zero attached hydrogens (tertiary/aromatic N) is 2. The fraction of sp³-hybridized carbons (Fsp3) is 0.0909. The molecule has 2 aromatic rings. The predicted octanol–water partition coefficient (Wildman–Crippen LogP) is 1.66. The maximum Gasteiger partial charge on any atom is 0.159 e. The molecule has 0 fully saturated rings. The lowest BCUT2D eigenvalue weighted by atomic mass is 10.1. The molecule has 0 saturated heterocycles. The zero-order valence-electron chi connectivity index (χ0n) is 8.34. The Morgan fingerprint density at radius 2 is 2.20 bits per heavy atom. The number of anilines is 1. The van der Waals surface area contributed by atoms with E-state index in [-0.39, 0.29) is 5.78 Å². The molecule has 1 aromatic heterocycles. The molecule has 0 aliphatic rings. The lowest BCUT2D eigenvalue weighted by molar-refractivity contribution is 0.101. The van der Waals surface area contributed by atoms with E-state index in [9.17, 15) is 4.79 Å². The number of hydrogen-bond acceptors (Lipinski definition) is 3. The first-order valence-electron chi connectivity index (χ1n) is 4.59. The fourth-order valence-electron chi connectivity index (χ4n) is 1.35. The van der Waals surface area contributed by atoms with Gasteiger partial charge in [-0.1, -0.05) is 12.1 Å². The van der Waals surface area contributed by atoms with Crippen LogP contribution in [0.25, 0.3) is 5.69 Å². The summed E-state index contributed by atoms with van der Waals surface area (Å²) in [4.78, 5) is 11.2. The van der Waals surface area contributed by atoms with Gasteiger partial charge in [-0.2, -0.15) is 5.10 Å². The minimum absolute atomic E-state index is 0.0389. The summed E-state index contributed by atoms with van der Waals surface area (Å²) in [5, 5.41) is 4.06. The molecule has 0 bridgehead atoms. The average molecular weight is 201 g/mol. The van der Waals surface area contributed by atoms with Crippen molar-refractivity contribution in [2.75, 3.05) is 5.73 Å². The van der Waals surface area contributed by atoms with Gasteiger partial charge in [-0.15, -0.1) is 0 Å². The van der Waals surface area contributed by atoms with E-state index in [0.717, 1.165) is 5.69 Å². The number of rotatable bonds is 2. The summed E-state index contributed by atoms with van der Waals surface area (Å²) in [7, 11) is 0. The van der Waals surface area contributed by atoms with Gasteiger partial charge in [-0.25, -0.2) is 4.68 Å². The fourth-order valence-corrected chi connectivity index (χ4v) is 1.35. The van der Waals surface area contributed by atoms with Crippen LogP contribution in [0.2, 0.25) is 0 Å². The SMILES string of the molecule is CC(=O)c1cccc(-n2ccc(N)n2)c1. The summed E-state index contributed by atoms with van der Waals surface area (Å²) in [6, 6.07) is 8.97. The van der Waals surface area contributed by atoms with Crippen molar-refractivity contribution in [3.63, 3.8) is 0 Å². The van der Waals surface area contributed by atoms with Gasteiger partial charge >= 0.3 is 0 Å². The summed E-state index contributed by atoms with van der Waals surface area (Å²) in [5.41, 5.74) is 7.02. The molecule has 1 heterocycles. The first-order valence-corrected chi connectivity index (χ1v) is 4.59. The summed E-state index contributed by atoms with van der Waals surface area (Å²) in [6.07, 6.45) is 1.76. The van der Waals surface area contributed by atoms with Crippen LogP contribution in [0.3, 0.4) is 0 Å². The van der Waals surface area contributed by atoms with Crippen LogP contribution in [0.5, 0.6) is 0 Å². The summed E-state index contributed by atoms with van der Waals surface area (Å²) >= 11 is 0. The number of aromatic nitrogens is 2. The molecular weight excluding hydrogens is 190 g/mol. The standard InChI is InChI=1S/C11H11N3O/c1-8(15)9-3-2-4-10(7-9)14-6-5-11(12)13-14/h2-7H,1H3,(H2,12,13). The topological polar surface area (TPSA) is 60.9 Å². The zero-order chi connectivity index (χ0) is 10.8. The van der Waals surface area contributed by atoms with E-state index >= 15 is 0 Å². The molecule has 0 unspecified atom stereocenters. The first kappa shape index (κ1) is 9.45. The molecule has 0 aliphatic carbocycles. The Morgan fingerprint density at radius 1 is 1.40 bits per heavy atom. The number of carbonyl (C=O) groups is 1. The largest absolute Gasteiger partial charge is 0.382 e. The number of nitrogen functional groups attached to an aromatic ring is 1. The van der Waals surface area contributed by atoms with Crippen molar-refractivity contribution in [1.29, 1.82) is 0 Å². The number of hydrogen-bond donors (Lipinski definition) is 1. The third-order valence-corrected chi connectivity index (χ3v) is 2.13. The molecule has 76 valence electrons. The van der Waals surface area contributed by atoms with E-state index in [1.165, 1.54) is 6.92 Å². The molecule has 4 heteroatoms. The highest BCUT2D eigenvalue weighted by atomic mass is 16.1. The van der Waals surface area contributed by atoms with Crippen LogP contribution < -0.4 is 5.73 Å². The van der Waals surface area contributed by atoms with Crippen LogP contribution in [-0.4, -0.2) is 15.6 Å². The maximum absolute atomic E-state index is 11.2. The van der Waals surface area contributed by atoms with Crippen LogP contribution in [0.1, 0.15) is 17.3 Å². The lowest BCUT2D eigenvalue weighted by Gasteiger charge is -2.02. The smallest absolute Gasteiger partial charge is 0.159 e. The monoisotopic (exact) mass is 201 g/mol. The normalized spacial score (nSPS) is 10.2. The zero-order valence-corrected chi connectivity index (χ0v) is 8.34. The molecular formula is C11H11N3O. The van der Waals surface area contributed by atoms with Crippen LogP contribution in [0.4, 0.5) is 5.82 Å². The third-order valence-electron chi connectivity index (χ3n) is 2.13. The van der Waals surface area contributed by atoms with Gasteiger partial charge in [0.15, 0.2) is 5.78 Å². The van der Waals surface area contributed by atoms with Gasteiger partial charge in [0, 0.05) is 17.8 Å². The summed E-state index contributed by atoms with van der Waals surface area (Å²) in [6.45, 7) is 1.54. The van der Waals surface area contributed by atoms with Gasteiger partial charge in [-0.3, -0.25) is 4.79 Å². The van der Waals surface area contributed by atoms with Crippen LogP contribution >= 0.6 is 0 Å². The number of carbonyl (C=O) groups excluding carboxylic acids is 1. The van der Waals surface area contributed by atoms with Crippen molar-refractivity contribution in [1.82, 2.24) is 9.78 Å². The van der Waals surface area contributed by atoms with Gasteiger partial charge in [-0.05, 0) is 19.1 Å². The van der Waals surface area contributed by atoms with Crippen molar-refractivity contribution < 1.29 is 4.79 Å². The molecule has 0 aliphatic heterocycles. The number of benzene rings is 1. The Hall–Kier alpha value is -2.10. The second kappa shape index (κ2) is 3.57. The van der Waals surface area contributed by atoms with Crippen LogP contribution in [-0.2, 0) is 0 Å². The van der Waals surface area contributed by atoms with E-state index in [4.69, 9.17) is 5.73 Å². The lowest BCUT2D eigenvalue weighted by Crippen LogP contribution is -1.99. The molecule has 0 saturated carbocycles. The van der Waals surface area contributed by atoms with Gasteiger partial charge < -0.3 is 5.73 Å². The maximum atomic E-state index is 11.2. The quantitative estimate of drug-likeness (QED) is 0.751.